The maximum atomic E-state index is 5.66. The van der Waals surface area contributed by atoms with E-state index in [1.54, 1.807) is 0 Å². The fourth-order valence-electron chi connectivity index (χ4n) is 1.35. The molecule has 2 aromatic rings. The van der Waals surface area contributed by atoms with Crippen molar-refractivity contribution in [3.8, 4) is 0 Å². The van der Waals surface area contributed by atoms with Crippen LogP contribution in [0.15, 0.2) is 16.6 Å². The number of benzene rings is 1. The van der Waals surface area contributed by atoms with Crippen molar-refractivity contribution < 1.29 is 0 Å². The summed E-state index contributed by atoms with van der Waals surface area (Å²) >= 11 is 5.00. The van der Waals surface area contributed by atoms with Crippen molar-refractivity contribution in [2.24, 2.45) is 0 Å². The Morgan fingerprint density at radius 3 is 3.00 bits per heavy atom. The summed E-state index contributed by atoms with van der Waals surface area (Å²) < 4.78 is 2.25. The van der Waals surface area contributed by atoms with Crippen LogP contribution in [0.2, 0.25) is 0 Å². The number of nitrogen functional groups attached to an aromatic ring is 1. The zero-order valence-electron chi connectivity index (χ0n) is 7.17. The van der Waals surface area contributed by atoms with E-state index in [9.17, 15) is 0 Å². The number of thiazole rings is 1. The van der Waals surface area contributed by atoms with Gasteiger partial charge in [-0.3, -0.25) is 0 Å². The van der Waals surface area contributed by atoms with Gasteiger partial charge >= 0.3 is 0 Å². The van der Waals surface area contributed by atoms with Crippen molar-refractivity contribution in [2.75, 3.05) is 5.73 Å². The maximum absolute atomic E-state index is 5.66. The summed E-state index contributed by atoms with van der Waals surface area (Å²) in [6, 6.07) is 4.16. The molecule has 0 aliphatic heterocycles. The Hall–Kier alpha value is -0.610. The summed E-state index contributed by atoms with van der Waals surface area (Å²) in [7, 11) is 0. The second-order valence-corrected chi connectivity index (χ2v) is 4.80. The van der Waals surface area contributed by atoms with Crippen LogP contribution < -0.4 is 5.73 Å². The van der Waals surface area contributed by atoms with Crippen molar-refractivity contribution in [1.82, 2.24) is 4.98 Å². The van der Waals surface area contributed by atoms with Crippen molar-refractivity contribution in [3.05, 3.63) is 22.2 Å². The van der Waals surface area contributed by atoms with Gasteiger partial charge in [0.05, 0.1) is 10.2 Å². The van der Waals surface area contributed by atoms with Gasteiger partial charge in [-0.2, -0.15) is 0 Å². The Morgan fingerprint density at radius 1 is 1.54 bits per heavy atom. The van der Waals surface area contributed by atoms with Gasteiger partial charge in [0.15, 0.2) is 5.13 Å². The first-order valence-electron chi connectivity index (χ1n) is 4.05. The molecule has 0 amide bonds. The summed E-state index contributed by atoms with van der Waals surface area (Å²) in [5.41, 5.74) is 7.95. The molecule has 2 N–H and O–H groups in total. The van der Waals surface area contributed by atoms with Gasteiger partial charge in [-0.15, -0.1) is 0 Å². The molecule has 1 aromatic heterocycles. The molecule has 2 nitrogen and oxygen atoms in total. The predicted octanol–water partition coefficient (Wildman–Crippen LogP) is 3.20. The van der Waals surface area contributed by atoms with E-state index in [4.69, 9.17) is 5.73 Å². The lowest BCUT2D eigenvalue weighted by atomic mass is 10.1. The van der Waals surface area contributed by atoms with Gasteiger partial charge in [0.2, 0.25) is 0 Å². The Labute approximate surface area is 88.9 Å². The standard InChI is InChI=1S/C9H9BrN2S/c1-2-5-3-6(10)4-7-8(5)12-9(11)13-7/h3-4H,2H2,1H3,(H2,11,12). The smallest absolute Gasteiger partial charge is 0.181 e. The lowest BCUT2D eigenvalue weighted by molar-refractivity contribution is 1.15. The van der Waals surface area contributed by atoms with E-state index in [0.717, 1.165) is 21.1 Å². The zero-order chi connectivity index (χ0) is 9.42. The number of aromatic nitrogens is 1. The molecule has 4 heteroatoms. The molecule has 0 aliphatic rings. The van der Waals surface area contributed by atoms with E-state index in [-0.39, 0.29) is 0 Å². The van der Waals surface area contributed by atoms with Crippen LogP contribution >= 0.6 is 27.3 Å². The molecular formula is C9H9BrN2S. The number of hydrogen-bond acceptors (Lipinski definition) is 3. The third-order valence-corrected chi connectivity index (χ3v) is 3.23. The number of rotatable bonds is 1. The first kappa shape index (κ1) is 8.97. The minimum Gasteiger partial charge on any atom is -0.375 e. The molecule has 0 aliphatic carbocycles. The lowest BCUT2D eigenvalue weighted by Crippen LogP contribution is -1.84. The molecule has 0 saturated carbocycles. The lowest BCUT2D eigenvalue weighted by Gasteiger charge is -1.98. The largest absolute Gasteiger partial charge is 0.375 e. The molecule has 13 heavy (non-hydrogen) atoms. The molecular weight excluding hydrogens is 248 g/mol. The van der Waals surface area contributed by atoms with Gasteiger partial charge in [0.1, 0.15) is 0 Å². The topological polar surface area (TPSA) is 38.9 Å². The zero-order valence-corrected chi connectivity index (χ0v) is 9.58. The summed E-state index contributed by atoms with van der Waals surface area (Å²) in [5.74, 6) is 0. The molecule has 0 spiro atoms. The number of nitrogens with two attached hydrogens (primary N) is 1. The summed E-state index contributed by atoms with van der Waals surface area (Å²) in [5, 5.41) is 0.641. The SMILES string of the molecule is CCc1cc(Br)cc2sc(N)nc12. The van der Waals surface area contributed by atoms with Crippen LogP contribution in [0.1, 0.15) is 12.5 Å². The maximum Gasteiger partial charge on any atom is 0.181 e. The average molecular weight is 257 g/mol. The summed E-state index contributed by atoms with van der Waals surface area (Å²) in [6.45, 7) is 2.12. The molecule has 0 radical (unpaired) electrons. The molecule has 1 heterocycles. The molecule has 2 rings (SSSR count). The molecule has 68 valence electrons. The Kier molecular flexibility index (Phi) is 2.26. The van der Waals surface area contributed by atoms with Gasteiger partial charge in [-0.05, 0) is 24.1 Å². The summed E-state index contributed by atoms with van der Waals surface area (Å²) in [6.07, 6.45) is 0.985. The third-order valence-electron chi connectivity index (χ3n) is 1.94. The van der Waals surface area contributed by atoms with Crippen LogP contribution in [0.3, 0.4) is 0 Å². The highest BCUT2D eigenvalue weighted by atomic mass is 79.9. The van der Waals surface area contributed by atoms with Crippen molar-refractivity contribution in [3.63, 3.8) is 0 Å². The van der Waals surface area contributed by atoms with Crippen molar-refractivity contribution >= 4 is 42.6 Å². The van der Waals surface area contributed by atoms with E-state index in [0.29, 0.717) is 5.13 Å². The van der Waals surface area contributed by atoms with Crippen LogP contribution in [0.5, 0.6) is 0 Å². The second kappa shape index (κ2) is 3.27. The number of nitrogens with zero attached hydrogens (tertiary/aromatic N) is 1. The van der Waals surface area contributed by atoms with Crippen LogP contribution in [0.4, 0.5) is 5.13 Å². The number of fused-ring (bicyclic) bond motifs is 1. The van der Waals surface area contributed by atoms with Gasteiger partial charge in [0.25, 0.3) is 0 Å². The van der Waals surface area contributed by atoms with Gasteiger partial charge in [-0.25, -0.2) is 4.98 Å². The third kappa shape index (κ3) is 1.56. The van der Waals surface area contributed by atoms with E-state index in [1.807, 2.05) is 0 Å². The fraction of sp³-hybridized carbons (Fsp3) is 0.222. The molecule has 0 bridgehead atoms. The van der Waals surface area contributed by atoms with E-state index in [2.05, 4.69) is 40.0 Å². The van der Waals surface area contributed by atoms with Gasteiger partial charge in [-0.1, -0.05) is 34.2 Å². The van der Waals surface area contributed by atoms with Crippen LogP contribution in [0.25, 0.3) is 10.2 Å². The van der Waals surface area contributed by atoms with E-state index < -0.39 is 0 Å². The molecule has 0 unspecified atom stereocenters. The number of hydrogen-bond donors (Lipinski definition) is 1. The van der Waals surface area contributed by atoms with Gasteiger partial charge in [0, 0.05) is 4.47 Å². The Balaban J connectivity index is 2.80. The molecule has 0 fully saturated rings. The monoisotopic (exact) mass is 256 g/mol. The number of aryl methyl sites for hydroxylation is 1. The molecule has 1 aromatic carbocycles. The minimum absolute atomic E-state index is 0.641. The van der Waals surface area contributed by atoms with Crippen molar-refractivity contribution in [2.45, 2.75) is 13.3 Å². The first-order valence-corrected chi connectivity index (χ1v) is 5.66. The second-order valence-electron chi connectivity index (χ2n) is 2.82. The van der Waals surface area contributed by atoms with Crippen molar-refractivity contribution in [1.29, 1.82) is 0 Å². The number of halogens is 1. The van der Waals surface area contributed by atoms with Crippen LogP contribution in [0, 0.1) is 0 Å². The highest BCUT2D eigenvalue weighted by molar-refractivity contribution is 9.10. The van der Waals surface area contributed by atoms with Gasteiger partial charge < -0.3 is 5.73 Å². The Morgan fingerprint density at radius 2 is 2.31 bits per heavy atom. The van der Waals surface area contributed by atoms with Crippen LogP contribution in [-0.2, 0) is 6.42 Å². The van der Waals surface area contributed by atoms with E-state index in [1.165, 1.54) is 16.9 Å². The Bertz CT molecular complexity index is 450. The highest BCUT2D eigenvalue weighted by Gasteiger charge is 2.06. The fourth-order valence-corrected chi connectivity index (χ4v) is 2.83. The quantitative estimate of drug-likeness (QED) is 0.851. The van der Waals surface area contributed by atoms with E-state index >= 15 is 0 Å². The highest BCUT2D eigenvalue weighted by Crippen LogP contribution is 2.30. The average Bonchev–Trinajstić information content (AvgIpc) is 2.43. The van der Waals surface area contributed by atoms with Crippen LogP contribution in [-0.4, -0.2) is 4.98 Å². The number of anilines is 1. The predicted molar refractivity (Wildman–Crippen MR) is 61.1 cm³/mol. The first-order chi connectivity index (χ1) is 6.20. The molecule has 0 saturated heterocycles. The normalized spacial score (nSPS) is 10.9. The summed E-state index contributed by atoms with van der Waals surface area (Å²) in [4.78, 5) is 4.30. The molecule has 0 atom stereocenters. The minimum atomic E-state index is 0.641.